The molecule has 3 aromatic carbocycles. The Bertz CT molecular complexity index is 1290. The van der Waals surface area contributed by atoms with Crippen molar-refractivity contribution in [2.24, 2.45) is 5.10 Å². The van der Waals surface area contributed by atoms with Gasteiger partial charge < -0.3 is 4.57 Å². The molecule has 0 bridgehead atoms. The highest BCUT2D eigenvalue weighted by Crippen LogP contribution is 2.35. The van der Waals surface area contributed by atoms with Gasteiger partial charge in [-0.3, -0.25) is 4.79 Å². The standard InChI is InChI=1S/C26H19BrN4O/c27-22-11-13-23(14-12-22)31-24(19-7-3-1-4-8-19)17-21(18-29-30-25(32)15-16-28)26(31)20-9-5-2-6-10-20/h1-14,17-18H,15H2,(H,30,32). The highest BCUT2D eigenvalue weighted by Gasteiger charge is 2.18. The lowest BCUT2D eigenvalue weighted by Crippen LogP contribution is -2.16. The molecule has 0 radical (unpaired) electrons. The van der Waals surface area contributed by atoms with E-state index in [1.54, 1.807) is 6.21 Å². The molecule has 0 aliphatic rings. The number of halogens is 1. The van der Waals surface area contributed by atoms with E-state index in [9.17, 15) is 4.79 Å². The van der Waals surface area contributed by atoms with Crippen LogP contribution in [0.5, 0.6) is 0 Å². The van der Waals surface area contributed by atoms with Crippen molar-refractivity contribution in [2.75, 3.05) is 0 Å². The van der Waals surface area contributed by atoms with E-state index >= 15 is 0 Å². The minimum atomic E-state index is -0.444. The van der Waals surface area contributed by atoms with Crippen molar-refractivity contribution < 1.29 is 4.79 Å². The Morgan fingerprint density at radius 2 is 1.59 bits per heavy atom. The molecule has 0 saturated heterocycles. The molecule has 0 saturated carbocycles. The van der Waals surface area contributed by atoms with Gasteiger partial charge in [-0.05, 0) is 41.5 Å². The lowest BCUT2D eigenvalue weighted by molar-refractivity contribution is -0.120. The summed E-state index contributed by atoms with van der Waals surface area (Å²) in [5.41, 5.74) is 8.28. The number of rotatable bonds is 6. The molecule has 32 heavy (non-hydrogen) atoms. The topological polar surface area (TPSA) is 70.2 Å². The van der Waals surface area contributed by atoms with E-state index in [2.05, 4.69) is 61.4 Å². The van der Waals surface area contributed by atoms with E-state index in [1.807, 2.05) is 66.7 Å². The maximum atomic E-state index is 11.7. The normalized spacial score (nSPS) is 10.8. The van der Waals surface area contributed by atoms with Gasteiger partial charge in [0.15, 0.2) is 0 Å². The van der Waals surface area contributed by atoms with Gasteiger partial charge in [-0.2, -0.15) is 10.4 Å². The number of benzene rings is 3. The number of hydrogen-bond donors (Lipinski definition) is 1. The second kappa shape index (κ2) is 9.90. The van der Waals surface area contributed by atoms with Crippen molar-refractivity contribution in [2.45, 2.75) is 6.42 Å². The van der Waals surface area contributed by atoms with Crippen molar-refractivity contribution in [3.63, 3.8) is 0 Å². The summed E-state index contributed by atoms with van der Waals surface area (Å²) < 4.78 is 3.19. The van der Waals surface area contributed by atoms with E-state index in [-0.39, 0.29) is 6.42 Å². The number of nitrogens with one attached hydrogen (secondary N) is 1. The van der Waals surface area contributed by atoms with Crippen molar-refractivity contribution in [1.82, 2.24) is 9.99 Å². The molecular formula is C26H19BrN4O. The fourth-order valence-corrected chi connectivity index (χ4v) is 3.75. The van der Waals surface area contributed by atoms with E-state index in [4.69, 9.17) is 5.26 Å². The van der Waals surface area contributed by atoms with Crippen LogP contribution in [0.25, 0.3) is 28.2 Å². The Morgan fingerprint density at radius 3 is 2.22 bits per heavy atom. The van der Waals surface area contributed by atoms with E-state index < -0.39 is 5.91 Å². The maximum Gasteiger partial charge on any atom is 0.254 e. The van der Waals surface area contributed by atoms with Crippen LogP contribution in [0.4, 0.5) is 0 Å². The summed E-state index contributed by atoms with van der Waals surface area (Å²) >= 11 is 3.52. The van der Waals surface area contributed by atoms with E-state index in [0.29, 0.717) is 0 Å². The molecule has 1 N–H and O–H groups in total. The average Bonchev–Trinajstić information content (AvgIpc) is 3.20. The molecule has 1 aromatic heterocycles. The molecule has 0 unspecified atom stereocenters. The second-order valence-corrected chi connectivity index (χ2v) is 7.92. The quantitative estimate of drug-likeness (QED) is 0.273. The third kappa shape index (κ3) is 4.69. The van der Waals surface area contributed by atoms with Crippen LogP contribution >= 0.6 is 15.9 Å². The van der Waals surface area contributed by atoms with Gasteiger partial charge in [-0.15, -0.1) is 0 Å². The number of carbonyl (C=O) groups is 1. The predicted octanol–water partition coefficient (Wildman–Crippen LogP) is 5.94. The number of hydrogen-bond acceptors (Lipinski definition) is 3. The third-order valence-electron chi connectivity index (χ3n) is 4.86. The molecule has 0 aliphatic heterocycles. The van der Waals surface area contributed by atoms with Crippen LogP contribution < -0.4 is 5.43 Å². The number of nitrogens with zero attached hydrogens (tertiary/aromatic N) is 3. The molecule has 0 atom stereocenters. The molecule has 4 aromatic rings. The Kier molecular flexibility index (Phi) is 6.59. The van der Waals surface area contributed by atoms with Gasteiger partial charge in [-0.1, -0.05) is 76.6 Å². The maximum absolute atomic E-state index is 11.7. The summed E-state index contributed by atoms with van der Waals surface area (Å²) in [5, 5.41) is 12.8. The zero-order valence-corrected chi connectivity index (χ0v) is 18.7. The molecule has 1 amide bonds. The zero-order valence-electron chi connectivity index (χ0n) is 17.1. The van der Waals surface area contributed by atoms with E-state index in [1.165, 1.54) is 0 Å². The summed E-state index contributed by atoms with van der Waals surface area (Å²) in [4.78, 5) is 11.7. The van der Waals surface area contributed by atoms with Crippen LogP contribution in [-0.2, 0) is 4.79 Å². The lowest BCUT2D eigenvalue weighted by Gasteiger charge is -2.15. The van der Waals surface area contributed by atoms with Crippen LogP contribution in [0.1, 0.15) is 12.0 Å². The zero-order chi connectivity index (χ0) is 22.3. The molecular weight excluding hydrogens is 464 g/mol. The monoisotopic (exact) mass is 482 g/mol. The Morgan fingerprint density at radius 1 is 0.969 bits per heavy atom. The highest BCUT2D eigenvalue weighted by atomic mass is 79.9. The average molecular weight is 483 g/mol. The van der Waals surface area contributed by atoms with Crippen LogP contribution in [0.2, 0.25) is 0 Å². The summed E-state index contributed by atoms with van der Waals surface area (Å²) in [6.45, 7) is 0. The minimum Gasteiger partial charge on any atom is -0.309 e. The molecule has 0 spiro atoms. The second-order valence-electron chi connectivity index (χ2n) is 7.01. The Balaban J connectivity index is 1.93. The molecule has 4 rings (SSSR count). The van der Waals surface area contributed by atoms with E-state index in [0.717, 1.165) is 38.2 Å². The van der Waals surface area contributed by atoms with Gasteiger partial charge in [-0.25, -0.2) is 5.43 Å². The molecule has 0 fully saturated rings. The van der Waals surface area contributed by atoms with Gasteiger partial charge >= 0.3 is 0 Å². The molecule has 156 valence electrons. The minimum absolute atomic E-state index is 0.238. The first-order chi connectivity index (χ1) is 15.7. The van der Waals surface area contributed by atoms with Gasteiger partial charge in [0, 0.05) is 15.7 Å². The number of amides is 1. The van der Waals surface area contributed by atoms with Crippen LogP contribution in [0.3, 0.4) is 0 Å². The predicted molar refractivity (Wildman–Crippen MR) is 130 cm³/mol. The largest absolute Gasteiger partial charge is 0.309 e. The van der Waals surface area contributed by atoms with Crippen molar-refractivity contribution in [1.29, 1.82) is 5.26 Å². The molecule has 5 nitrogen and oxygen atoms in total. The van der Waals surface area contributed by atoms with Gasteiger partial charge in [0.2, 0.25) is 0 Å². The van der Waals surface area contributed by atoms with Crippen LogP contribution in [-0.4, -0.2) is 16.7 Å². The first kappa shape index (κ1) is 21.3. The number of carbonyl (C=O) groups excluding carboxylic acids is 1. The number of aromatic nitrogens is 1. The van der Waals surface area contributed by atoms with Crippen molar-refractivity contribution in [3.8, 4) is 34.3 Å². The smallest absolute Gasteiger partial charge is 0.254 e. The summed E-state index contributed by atoms with van der Waals surface area (Å²) in [6.07, 6.45) is 1.39. The van der Waals surface area contributed by atoms with Crippen molar-refractivity contribution in [3.05, 3.63) is 101 Å². The summed E-state index contributed by atoms with van der Waals surface area (Å²) in [5.74, 6) is -0.444. The van der Waals surface area contributed by atoms with Crippen LogP contribution in [0, 0.1) is 11.3 Å². The molecule has 6 heteroatoms. The van der Waals surface area contributed by atoms with Crippen LogP contribution in [0.15, 0.2) is 101 Å². The summed E-state index contributed by atoms with van der Waals surface area (Å²) in [6, 6.07) is 32.2. The summed E-state index contributed by atoms with van der Waals surface area (Å²) in [7, 11) is 0. The third-order valence-corrected chi connectivity index (χ3v) is 5.39. The first-order valence-electron chi connectivity index (χ1n) is 9.99. The Hall–Kier alpha value is -3.95. The van der Waals surface area contributed by atoms with Gasteiger partial charge in [0.1, 0.15) is 6.42 Å². The lowest BCUT2D eigenvalue weighted by atomic mass is 10.1. The van der Waals surface area contributed by atoms with Crippen molar-refractivity contribution >= 4 is 28.1 Å². The fraction of sp³-hybridized carbons (Fsp3) is 0.0385. The first-order valence-corrected chi connectivity index (χ1v) is 10.8. The number of nitriles is 1. The SMILES string of the molecule is N#CCC(=O)NN=Cc1cc(-c2ccccc2)n(-c2ccc(Br)cc2)c1-c1ccccc1. The molecule has 1 heterocycles. The van der Waals surface area contributed by atoms with Gasteiger partial charge in [0.05, 0.1) is 23.7 Å². The molecule has 0 aliphatic carbocycles. The highest BCUT2D eigenvalue weighted by molar-refractivity contribution is 9.10. The fourth-order valence-electron chi connectivity index (χ4n) is 3.48. The van der Waals surface area contributed by atoms with Gasteiger partial charge in [0.25, 0.3) is 5.91 Å². The Labute approximate surface area is 194 Å². The number of hydrazone groups is 1.